The first-order chi connectivity index (χ1) is 11.0. The van der Waals surface area contributed by atoms with Crippen LogP contribution in [0, 0.1) is 11.8 Å². The van der Waals surface area contributed by atoms with Crippen LogP contribution in [-0.4, -0.2) is 5.78 Å². The molecule has 2 aromatic carbocycles. The molecule has 1 aliphatic rings. The fraction of sp³-hybridized carbons (Fsp3) is 0.316. The van der Waals surface area contributed by atoms with E-state index in [1.54, 1.807) is 0 Å². The molecule has 0 saturated carbocycles. The summed E-state index contributed by atoms with van der Waals surface area (Å²) >= 11 is 7.05. The molecule has 2 aromatic rings. The number of nitrogens with one attached hydrogen (secondary N) is 1. The molecular weight excluding hydrogens is 418 g/mol. The van der Waals surface area contributed by atoms with Gasteiger partial charge in [-0.25, -0.2) is 0 Å². The number of benzene rings is 2. The first-order valence-electron chi connectivity index (χ1n) is 7.78. The highest BCUT2D eigenvalue weighted by atomic mass is 79.9. The second kappa shape index (κ2) is 6.88. The van der Waals surface area contributed by atoms with E-state index in [-0.39, 0.29) is 23.9 Å². The van der Waals surface area contributed by atoms with Crippen molar-refractivity contribution in [2.24, 2.45) is 11.8 Å². The Kier molecular flexibility index (Phi) is 5.04. The molecular formula is C19H19Br2NO. The van der Waals surface area contributed by atoms with E-state index in [4.69, 9.17) is 0 Å². The van der Waals surface area contributed by atoms with Gasteiger partial charge in [0.25, 0.3) is 0 Å². The maximum absolute atomic E-state index is 12.8. The van der Waals surface area contributed by atoms with E-state index in [1.807, 2.05) is 38.1 Å². The Bertz CT molecular complexity index is 671. The topological polar surface area (TPSA) is 29.1 Å². The average molecular weight is 437 g/mol. The summed E-state index contributed by atoms with van der Waals surface area (Å²) in [4.78, 5) is 12.8. The predicted molar refractivity (Wildman–Crippen MR) is 100 cm³/mol. The standard InChI is InChI=1S/C19H19Br2NO/c1-11-17(13-5-3-7-15(20)9-13)22-18(12(2)19(11)23)14-6-4-8-16(21)10-14/h3-12,17-18,22H,1-2H3/t11-,12+,17-,18+. The number of carbonyl (C=O) groups excluding carboxylic acids is 1. The summed E-state index contributed by atoms with van der Waals surface area (Å²) < 4.78 is 2.07. The minimum Gasteiger partial charge on any atom is -0.302 e. The quantitative estimate of drug-likeness (QED) is 0.679. The second-order valence-electron chi connectivity index (χ2n) is 6.21. The summed E-state index contributed by atoms with van der Waals surface area (Å²) in [6.45, 7) is 4.04. The smallest absolute Gasteiger partial charge is 0.142 e. The van der Waals surface area contributed by atoms with Crippen LogP contribution in [0.25, 0.3) is 0 Å². The highest BCUT2D eigenvalue weighted by Gasteiger charge is 2.40. The molecule has 1 aliphatic heterocycles. The van der Waals surface area contributed by atoms with Gasteiger partial charge in [0.1, 0.15) is 5.78 Å². The lowest BCUT2D eigenvalue weighted by atomic mass is 9.76. The second-order valence-corrected chi connectivity index (χ2v) is 8.04. The molecule has 1 N–H and O–H groups in total. The lowest BCUT2D eigenvalue weighted by Gasteiger charge is -2.39. The van der Waals surface area contributed by atoms with Gasteiger partial charge in [0.05, 0.1) is 0 Å². The van der Waals surface area contributed by atoms with Crippen molar-refractivity contribution in [1.82, 2.24) is 5.32 Å². The third-order valence-electron chi connectivity index (χ3n) is 4.67. The highest BCUT2D eigenvalue weighted by Crippen LogP contribution is 2.39. The largest absolute Gasteiger partial charge is 0.302 e. The fourth-order valence-corrected chi connectivity index (χ4v) is 4.23. The zero-order chi connectivity index (χ0) is 16.6. The lowest BCUT2D eigenvalue weighted by molar-refractivity contribution is -0.130. The molecule has 120 valence electrons. The molecule has 2 nitrogen and oxygen atoms in total. The number of rotatable bonds is 2. The molecule has 4 atom stereocenters. The molecule has 0 amide bonds. The summed E-state index contributed by atoms with van der Waals surface area (Å²) in [5.74, 6) is 0.240. The number of Topliss-reactive ketones (excluding diaryl/α,β-unsaturated/α-hetero) is 1. The number of hydrogen-bond acceptors (Lipinski definition) is 2. The Morgan fingerprint density at radius 3 is 1.65 bits per heavy atom. The van der Waals surface area contributed by atoms with Crippen molar-refractivity contribution in [3.05, 3.63) is 68.6 Å². The van der Waals surface area contributed by atoms with Gasteiger partial charge in [-0.1, -0.05) is 70.0 Å². The molecule has 0 aliphatic carbocycles. The normalized spacial score (nSPS) is 27.9. The average Bonchev–Trinajstić information content (AvgIpc) is 2.53. The van der Waals surface area contributed by atoms with Crippen molar-refractivity contribution in [2.75, 3.05) is 0 Å². The monoisotopic (exact) mass is 435 g/mol. The molecule has 3 rings (SSSR count). The predicted octanol–water partition coefficient (Wildman–Crippen LogP) is 5.44. The van der Waals surface area contributed by atoms with Crippen molar-refractivity contribution in [1.29, 1.82) is 0 Å². The van der Waals surface area contributed by atoms with Crippen LogP contribution in [0.3, 0.4) is 0 Å². The molecule has 1 saturated heterocycles. The van der Waals surface area contributed by atoms with Gasteiger partial charge in [0.15, 0.2) is 0 Å². The number of halogens is 2. The molecule has 0 bridgehead atoms. The van der Waals surface area contributed by atoms with Gasteiger partial charge < -0.3 is 5.32 Å². The molecule has 0 spiro atoms. The van der Waals surface area contributed by atoms with Crippen molar-refractivity contribution >= 4 is 37.6 Å². The summed E-state index contributed by atoms with van der Waals surface area (Å²) in [5, 5.41) is 3.71. The first kappa shape index (κ1) is 16.9. The van der Waals surface area contributed by atoms with E-state index in [2.05, 4.69) is 61.4 Å². The fourth-order valence-electron chi connectivity index (χ4n) is 3.40. The summed E-state index contributed by atoms with van der Waals surface area (Å²) in [6, 6.07) is 16.5. The number of ketones is 1. The maximum atomic E-state index is 12.8. The Balaban J connectivity index is 1.97. The molecule has 0 radical (unpaired) electrons. The molecule has 0 aromatic heterocycles. The van der Waals surface area contributed by atoms with E-state index in [9.17, 15) is 4.79 Å². The van der Waals surface area contributed by atoms with Crippen LogP contribution in [0.2, 0.25) is 0 Å². The van der Waals surface area contributed by atoms with Crippen molar-refractivity contribution in [3.63, 3.8) is 0 Å². The molecule has 4 heteroatoms. The summed E-state index contributed by atoms with van der Waals surface area (Å²) in [6.07, 6.45) is 0. The van der Waals surface area contributed by atoms with Crippen LogP contribution in [0.4, 0.5) is 0 Å². The zero-order valence-corrected chi connectivity index (χ0v) is 16.3. The Morgan fingerprint density at radius 2 is 1.26 bits per heavy atom. The van der Waals surface area contributed by atoms with Crippen molar-refractivity contribution in [2.45, 2.75) is 25.9 Å². The van der Waals surface area contributed by atoms with Gasteiger partial charge in [-0.2, -0.15) is 0 Å². The number of hydrogen-bond donors (Lipinski definition) is 1. The van der Waals surface area contributed by atoms with Gasteiger partial charge >= 0.3 is 0 Å². The SMILES string of the molecule is C[C@@H]1C(=O)[C@H](C)[C@H](c2cccc(Br)c2)N[C@@H]1c1cccc(Br)c1. The Labute approximate surface area is 153 Å². The molecule has 1 fully saturated rings. The van der Waals surface area contributed by atoms with Gasteiger partial charge in [-0.15, -0.1) is 0 Å². The van der Waals surface area contributed by atoms with E-state index in [0.29, 0.717) is 5.78 Å². The minimum absolute atomic E-state index is 0.0279. The van der Waals surface area contributed by atoms with Gasteiger partial charge in [-0.3, -0.25) is 4.79 Å². The van der Waals surface area contributed by atoms with E-state index in [1.165, 1.54) is 0 Å². The van der Waals surface area contributed by atoms with Crippen LogP contribution >= 0.6 is 31.9 Å². The van der Waals surface area contributed by atoms with E-state index >= 15 is 0 Å². The molecule has 0 unspecified atom stereocenters. The zero-order valence-electron chi connectivity index (χ0n) is 13.1. The first-order valence-corrected chi connectivity index (χ1v) is 9.36. The maximum Gasteiger partial charge on any atom is 0.142 e. The molecule has 1 heterocycles. The Hall–Kier alpha value is -0.970. The highest BCUT2D eigenvalue weighted by molar-refractivity contribution is 9.10. The number of carbonyl (C=O) groups is 1. The third kappa shape index (κ3) is 3.44. The van der Waals surface area contributed by atoms with Crippen LogP contribution < -0.4 is 5.32 Å². The van der Waals surface area contributed by atoms with E-state index < -0.39 is 0 Å². The Morgan fingerprint density at radius 1 is 0.826 bits per heavy atom. The summed E-state index contributed by atoms with van der Waals surface area (Å²) in [5.41, 5.74) is 2.29. The minimum atomic E-state index is -0.0392. The van der Waals surface area contributed by atoms with Crippen LogP contribution in [0.1, 0.15) is 37.1 Å². The van der Waals surface area contributed by atoms with Crippen LogP contribution in [-0.2, 0) is 4.79 Å². The van der Waals surface area contributed by atoms with Gasteiger partial charge in [0, 0.05) is 32.9 Å². The van der Waals surface area contributed by atoms with E-state index in [0.717, 1.165) is 20.1 Å². The third-order valence-corrected chi connectivity index (χ3v) is 5.66. The molecule has 23 heavy (non-hydrogen) atoms. The summed E-state index contributed by atoms with van der Waals surface area (Å²) in [7, 11) is 0. The van der Waals surface area contributed by atoms with Crippen LogP contribution in [0.5, 0.6) is 0 Å². The van der Waals surface area contributed by atoms with Crippen molar-refractivity contribution < 1.29 is 4.79 Å². The van der Waals surface area contributed by atoms with Gasteiger partial charge in [-0.05, 0) is 35.4 Å². The number of piperidine rings is 1. The van der Waals surface area contributed by atoms with Crippen LogP contribution in [0.15, 0.2) is 57.5 Å². The van der Waals surface area contributed by atoms with Gasteiger partial charge in [0.2, 0.25) is 0 Å². The lowest BCUT2D eigenvalue weighted by Crippen LogP contribution is -2.46. The van der Waals surface area contributed by atoms with Crippen molar-refractivity contribution in [3.8, 4) is 0 Å².